The Bertz CT molecular complexity index is 4370. The van der Waals surface area contributed by atoms with E-state index in [1.165, 1.54) is 30.8 Å². The van der Waals surface area contributed by atoms with Crippen LogP contribution < -0.4 is 42.5 Å². The maximum absolute atomic E-state index is 14.6. The van der Waals surface area contributed by atoms with E-state index in [4.69, 9.17) is 14.2 Å². The monoisotopic (exact) mass is 2030 g/mol. The van der Waals surface area contributed by atoms with Crippen LogP contribution in [0.2, 0.25) is 0 Å². The molecule has 0 radical (unpaired) electrons. The molecule has 49 nitrogen and oxygen atoms in total. The molecule has 0 aliphatic carbocycles. The van der Waals surface area contributed by atoms with E-state index in [0.29, 0.717) is 18.8 Å². The topological polar surface area (TPSA) is 773 Å². The molecule has 11 amide bonds. The highest BCUT2D eigenvalue weighted by Gasteiger charge is 2.43. The second-order valence-corrected chi connectivity index (χ2v) is 36.5. The number of Topliss-reactive ketones (excluding diaryl/α,β-unsaturated/α-hetero) is 7. The molecule has 17 N–H and O–H groups in total. The Labute approximate surface area is 814 Å². The first kappa shape index (κ1) is 124. The number of hydrogen-bond acceptors (Lipinski definition) is 32. The third-order valence-corrected chi connectivity index (χ3v) is 24.5. The minimum atomic E-state index is -2.06. The number of methoxy groups -OCH3 is 1. The Morgan fingerprint density at radius 2 is 0.771 bits per heavy atom. The number of thioether (sulfide) groups is 2. The molecule has 2 fully saturated rings. The van der Waals surface area contributed by atoms with Crippen LogP contribution in [0.25, 0.3) is 0 Å². The van der Waals surface area contributed by atoms with Crippen molar-refractivity contribution in [1.82, 2.24) is 52.3 Å². The molecule has 784 valence electrons. The Morgan fingerprint density at radius 1 is 0.400 bits per heavy atom. The molecular weight excluding hydrogens is 1900 g/mol. The van der Waals surface area contributed by atoms with E-state index < -0.39 is 398 Å². The first-order valence-electron chi connectivity index (χ1n) is 45.8. The van der Waals surface area contributed by atoms with E-state index in [1.54, 1.807) is 27.0 Å². The zero-order valence-corrected chi connectivity index (χ0v) is 80.8. The van der Waals surface area contributed by atoms with Gasteiger partial charge in [0.1, 0.15) is 12.6 Å². The zero-order chi connectivity index (χ0) is 106. The average Bonchev–Trinajstić information content (AvgIpc) is 1.54. The summed E-state index contributed by atoms with van der Waals surface area (Å²) in [6.07, 6.45) is -19.2. The number of carboxylic acid groups (broad SMARTS) is 9. The number of aliphatic carboxylic acids is 9. The Kier molecular flexibility index (Phi) is 58.9. The predicted octanol–water partition coefficient (Wildman–Crippen LogP) is -0.165. The zero-order valence-electron chi connectivity index (χ0n) is 79.1. The van der Waals surface area contributed by atoms with Crippen LogP contribution in [0.15, 0.2) is 0 Å². The molecule has 2 aliphatic rings. The van der Waals surface area contributed by atoms with Crippen molar-refractivity contribution in [2.75, 3.05) is 78.0 Å². The third kappa shape index (κ3) is 50.1. The highest BCUT2D eigenvalue weighted by molar-refractivity contribution is 8.00. The van der Waals surface area contributed by atoms with Crippen LogP contribution in [-0.4, -0.2) is 347 Å². The van der Waals surface area contributed by atoms with Crippen molar-refractivity contribution in [2.45, 2.75) is 280 Å². The highest BCUT2D eigenvalue weighted by atomic mass is 32.2. The van der Waals surface area contributed by atoms with Gasteiger partial charge in [-0.25, -0.2) is 0 Å². The van der Waals surface area contributed by atoms with E-state index in [0.717, 1.165) is 16.7 Å². The van der Waals surface area contributed by atoms with Crippen LogP contribution in [0.4, 0.5) is 0 Å². The van der Waals surface area contributed by atoms with Gasteiger partial charge in [0.25, 0.3) is 0 Å². The maximum atomic E-state index is 14.6. The van der Waals surface area contributed by atoms with Gasteiger partial charge in [0.05, 0.1) is 67.4 Å². The number of amides is 11. The van der Waals surface area contributed by atoms with Crippen molar-refractivity contribution in [2.24, 2.45) is 35.5 Å². The largest absolute Gasteiger partial charge is 0.481 e. The summed E-state index contributed by atoms with van der Waals surface area (Å²) < 4.78 is 15.9. The van der Waals surface area contributed by atoms with E-state index in [2.05, 4.69) is 42.5 Å². The number of rotatable bonds is 80. The summed E-state index contributed by atoms with van der Waals surface area (Å²) in [4.78, 5) is 358. The summed E-state index contributed by atoms with van der Waals surface area (Å²) in [6, 6.07) is -12.6. The first-order valence-corrected chi connectivity index (χ1v) is 48.2. The molecule has 14 atom stereocenters. The summed E-state index contributed by atoms with van der Waals surface area (Å²) >= 11 is 2.41. The van der Waals surface area contributed by atoms with Crippen molar-refractivity contribution in [3.05, 3.63) is 0 Å². The number of nitrogens with zero attached hydrogens (tertiary/aromatic N) is 2. The molecule has 0 bridgehead atoms. The standard InChI is InChI=1S/C89H132N10O39S2/c1-48(2)39-59(63(101)20-21-70(107)92-60(47-139-6)64(102)40-49(3)83(129)90-4)97-88(134)61-9-7-32-98(61)73(110)46-138-34-8-10-62(100)54(15-26-78(119)120)93-84(130)51(12-23-75(113)114)42-66(104)56(17-28-80(123)124)95-86(132)53(14-25-77(117)118)44-68(106)58(19-30-82(127)128)96-87(133)52(13-24-76(115)116)43-67(105)57(18-29-81(125)126)94-85(131)50(11-22-74(111)112)41-65(103)55(16-27-79(121)122)91-71(108)31-33-99-72(109)45-69(89(99)135)140-38-37-137-36-35-136-5/h48-61,69H,7-47H2,1-6H3,(H,90,129)(H,91,108)(H,92,107)(H,93,130)(H,94,131)(H,95,132)(H,96,133)(H,97,134)(H,111,112)(H,113,114)(H,115,116)(H,117,118)(H,119,120)(H,121,122)(H,123,124)(H,125,126)(H,127,128)/t49-,50+,51+,52+,53+,54-,55-,56-,57-,58-,59+,60+,61+,69?/m1/s1. The quantitative estimate of drug-likeness (QED) is 0.0278. The smallest absolute Gasteiger partial charge is 0.303 e. The van der Waals surface area contributed by atoms with Gasteiger partial charge in [-0.15, -0.1) is 11.8 Å². The van der Waals surface area contributed by atoms with Crippen LogP contribution in [0, 0.1) is 35.5 Å². The predicted molar refractivity (Wildman–Crippen MR) is 487 cm³/mol. The molecule has 2 rings (SSSR count). The normalized spacial score (nSPS) is 16.0. The molecule has 2 aliphatic heterocycles. The number of nitrogens with one attached hydrogen (secondary N) is 8. The van der Waals surface area contributed by atoms with Gasteiger partial charge < -0.3 is 108 Å². The lowest BCUT2D eigenvalue weighted by molar-refractivity contribution is -0.142. The van der Waals surface area contributed by atoms with Crippen molar-refractivity contribution in [3.8, 4) is 0 Å². The number of carboxylic acids is 9. The van der Waals surface area contributed by atoms with E-state index in [9.17, 15) is 175 Å². The molecule has 0 aromatic heterocycles. The SMILES string of the molecule is CNC(=O)[C@H](C)CC(=O)[C@H](CSC)NC(=O)CCC(=O)[C@H](CC(C)C)NC(=O)[C@@H]1CCCN1C(=O)COCCCC(=O)[C@@H](CCC(=O)O)NC(=O)[C@@H](CCC(=O)O)CC(=O)[C@@H](CCC(=O)O)NC(=O)[C@@H](CCC(=O)O)CC(=O)[C@@H](CCC(=O)O)NC(=O)[C@@H](CCC(=O)O)CC(=O)[C@@H](CCC(=O)O)NC(=O)[C@@H](CCC(=O)O)CC(=O)[C@@H](CCC(=O)O)NC(=O)CCN1C(=O)CC(SCCOCCOC)C1=O. The molecule has 2 heterocycles. The van der Waals surface area contributed by atoms with E-state index >= 15 is 0 Å². The summed E-state index contributed by atoms with van der Waals surface area (Å²) in [5, 5.41) is 106. The second kappa shape index (κ2) is 66.5. The van der Waals surface area contributed by atoms with Crippen molar-refractivity contribution >= 4 is 183 Å². The number of ether oxygens (including phenoxy) is 3. The molecule has 0 saturated carbocycles. The molecule has 2 saturated heterocycles. The fourth-order valence-electron chi connectivity index (χ4n) is 15.0. The summed E-state index contributed by atoms with van der Waals surface area (Å²) in [5.41, 5.74) is 0. The van der Waals surface area contributed by atoms with Crippen LogP contribution in [0.1, 0.15) is 226 Å². The van der Waals surface area contributed by atoms with Crippen LogP contribution in [0.5, 0.6) is 0 Å². The lowest BCUT2D eigenvalue weighted by atomic mass is 9.88. The summed E-state index contributed by atoms with van der Waals surface area (Å²) in [6.45, 7) is 4.62. The van der Waals surface area contributed by atoms with Crippen LogP contribution >= 0.6 is 23.5 Å². The lowest BCUT2D eigenvalue weighted by Crippen LogP contribution is -2.52. The molecule has 0 aromatic carbocycles. The van der Waals surface area contributed by atoms with E-state index in [1.807, 2.05) is 0 Å². The van der Waals surface area contributed by atoms with Gasteiger partial charge >= 0.3 is 53.7 Å². The number of likely N-dealkylation sites (tertiary alicyclic amines) is 2. The number of hydrogen-bond donors (Lipinski definition) is 17. The molecule has 140 heavy (non-hydrogen) atoms. The van der Waals surface area contributed by atoms with Crippen molar-refractivity contribution in [1.29, 1.82) is 0 Å². The second-order valence-electron chi connectivity index (χ2n) is 34.3. The molecule has 0 spiro atoms. The maximum Gasteiger partial charge on any atom is 0.303 e. The van der Waals surface area contributed by atoms with Crippen LogP contribution in [0.3, 0.4) is 0 Å². The van der Waals surface area contributed by atoms with Gasteiger partial charge in [-0.2, -0.15) is 11.8 Å². The average molecular weight is 2030 g/mol. The number of carbonyl (C=O) groups excluding carboxylic acids is 18. The minimum absolute atomic E-state index is 0.0971. The third-order valence-electron chi connectivity index (χ3n) is 22.7. The minimum Gasteiger partial charge on any atom is -0.481 e. The summed E-state index contributed by atoms with van der Waals surface area (Å²) in [7, 11) is 2.90. The number of imide groups is 1. The van der Waals surface area contributed by atoms with Crippen LogP contribution in [-0.2, 0) is 144 Å². The van der Waals surface area contributed by atoms with Crippen molar-refractivity contribution < 1.29 is 190 Å². The van der Waals surface area contributed by atoms with Gasteiger partial charge in [0, 0.05) is 197 Å². The highest BCUT2D eigenvalue weighted by Crippen LogP contribution is 2.29. The van der Waals surface area contributed by atoms with Gasteiger partial charge in [-0.3, -0.25) is 134 Å². The molecule has 51 heteroatoms. The van der Waals surface area contributed by atoms with Gasteiger partial charge in [-0.05, 0) is 95.6 Å². The Hall–Kier alpha value is -12.1. The number of carbonyl (C=O) groups is 27. The van der Waals surface area contributed by atoms with Gasteiger partial charge in [-0.1, -0.05) is 20.8 Å². The number of ketones is 7. The Morgan fingerprint density at radius 3 is 1.16 bits per heavy atom. The summed E-state index contributed by atoms with van der Waals surface area (Å²) in [5.74, 6) is -38.2. The van der Waals surface area contributed by atoms with Gasteiger partial charge in [0.15, 0.2) is 40.5 Å². The molecule has 1 unspecified atom stereocenters. The molecular formula is C89H132N10O39S2. The fourth-order valence-corrected chi connectivity index (χ4v) is 16.7. The van der Waals surface area contributed by atoms with Gasteiger partial charge in [0.2, 0.25) is 65.0 Å². The van der Waals surface area contributed by atoms with Crippen molar-refractivity contribution in [3.63, 3.8) is 0 Å². The van der Waals surface area contributed by atoms with E-state index in [-0.39, 0.29) is 94.7 Å². The lowest BCUT2D eigenvalue weighted by Gasteiger charge is -2.27. The first-order chi connectivity index (χ1) is 65.9. The molecule has 0 aromatic rings. The fraction of sp³-hybridized carbons (Fsp3) is 0.697. The Balaban J connectivity index is 2.43.